The van der Waals surface area contributed by atoms with Gasteiger partial charge >= 0.3 is 6.18 Å². The first kappa shape index (κ1) is 15.9. The van der Waals surface area contributed by atoms with E-state index < -0.39 is 11.7 Å². The highest BCUT2D eigenvalue weighted by Gasteiger charge is 2.39. The molecule has 1 fully saturated rings. The lowest BCUT2D eigenvalue weighted by molar-refractivity contribution is -0.136. The molecule has 7 heteroatoms. The molecule has 0 aliphatic carbocycles. The van der Waals surface area contributed by atoms with Gasteiger partial charge in [-0.05, 0) is 30.4 Å². The van der Waals surface area contributed by atoms with E-state index in [9.17, 15) is 13.2 Å². The van der Waals surface area contributed by atoms with Crippen LogP contribution in [0.25, 0.3) is 5.65 Å². The largest absolute Gasteiger partial charge is 0.422 e. The van der Waals surface area contributed by atoms with Gasteiger partial charge in [0.25, 0.3) is 0 Å². The SMILES string of the molecule is FC(F)(F)c1c(N2CCC(c3ccccc3)CC2)ccn2cnnc12. The molecule has 0 N–H and O–H groups in total. The molecule has 0 unspecified atom stereocenters. The van der Waals surface area contributed by atoms with Gasteiger partial charge in [0, 0.05) is 19.3 Å². The Hall–Kier alpha value is -2.57. The molecule has 0 bridgehead atoms. The van der Waals surface area contributed by atoms with Crippen LogP contribution in [0.15, 0.2) is 48.9 Å². The van der Waals surface area contributed by atoms with E-state index in [1.54, 1.807) is 6.20 Å². The Morgan fingerprint density at radius 2 is 1.72 bits per heavy atom. The Kier molecular flexibility index (Phi) is 3.86. The fraction of sp³-hybridized carbons (Fsp3) is 0.333. The van der Waals surface area contributed by atoms with Gasteiger partial charge in [0.05, 0.1) is 5.69 Å². The van der Waals surface area contributed by atoms with E-state index >= 15 is 0 Å². The topological polar surface area (TPSA) is 33.4 Å². The van der Waals surface area contributed by atoms with Gasteiger partial charge < -0.3 is 4.90 Å². The molecule has 3 aromatic rings. The van der Waals surface area contributed by atoms with Crippen molar-refractivity contribution in [3.8, 4) is 0 Å². The van der Waals surface area contributed by atoms with Crippen LogP contribution in [0.1, 0.15) is 29.9 Å². The highest BCUT2D eigenvalue weighted by atomic mass is 19.4. The molecule has 3 heterocycles. The van der Waals surface area contributed by atoms with E-state index in [1.807, 2.05) is 23.1 Å². The number of fused-ring (bicyclic) bond motifs is 1. The highest BCUT2D eigenvalue weighted by Crippen LogP contribution is 2.40. The summed E-state index contributed by atoms with van der Waals surface area (Å²) in [4.78, 5) is 1.82. The second kappa shape index (κ2) is 6.06. The maximum Gasteiger partial charge on any atom is 0.422 e. The van der Waals surface area contributed by atoms with Crippen molar-refractivity contribution in [3.05, 3.63) is 60.0 Å². The first-order valence-corrected chi connectivity index (χ1v) is 8.23. The zero-order valence-electron chi connectivity index (χ0n) is 13.4. The number of halogens is 3. The van der Waals surface area contributed by atoms with Crippen LogP contribution in [0.4, 0.5) is 18.9 Å². The van der Waals surface area contributed by atoms with Crippen LogP contribution in [0.2, 0.25) is 0 Å². The summed E-state index contributed by atoms with van der Waals surface area (Å²) in [5.74, 6) is 0.392. The first-order chi connectivity index (χ1) is 12.0. The van der Waals surface area contributed by atoms with E-state index in [0.29, 0.717) is 19.0 Å². The van der Waals surface area contributed by atoms with E-state index in [-0.39, 0.29) is 11.3 Å². The lowest BCUT2D eigenvalue weighted by atomic mass is 9.89. The molecule has 1 saturated heterocycles. The van der Waals surface area contributed by atoms with Gasteiger partial charge in [-0.3, -0.25) is 4.40 Å². The zero-order valence-corrected chi connectivity index (χ0v) is 13.4. The standard InChI is InChI=1S/C18H17F3N4/c19-18(20,21)16-15(8-11-25-12-22-23-17(16)25)24-9-6-14(7-10-24)13-4-2-1-3-5-13/h1-5,8,11-12,14H,6-7,9-10H2. The Balaban J connectivity index is 1.63. The Bertz CT molecular complexity index is 865. The average molecular weight is 346 g/mol. The van der Waals surface area contributed by atoms with Gasteiger partial charge in [-0.1, -0.05) is 30.3 Å². The summed E-state index contributed by atoms with van der Waals surface area (Å²) in [6, 6.07) is 11.7. The maximum atomic E-state index is 13.6. The van der Waals surface area contributed by atoms with Crippen molar-refractivity contribution >= 4 is 11.3 Å². The number of pyridine rings is 1. The van der Waals surface area contributed by atoms with Gasteiger partial charge in [0.15, 0.2) is 5.65 Å². The van der Waals surface area contributed by atoms with Gasteiger partial charge in [-0.2, -0.15) is 13.2 Å². The fourth-order valence-electron chi connectivity index (χ4n) is 3.59. The third kappa shape index (κ3) is 2.94. The number of anilines is 1. The van der Waals surface area contributed by atoms with Gasteiger partial charge in [0.2, 0.25) is 0 Å². The monoisotopic (exact) mass is 346 g/mol. The summed E-state index contributed by atoms with van der Waals surface area (Å²) < 4.78 is 42.2. The number of benzene rings is 1. The molecule has 4 nitrogen and oxygen atoms in total. The van der Waals surface area contributed by atoms with Gasteiger partial charge in [-0.15, -0.1) is 10.2 Å². The molecule has 130 valence electrons. The first-order valence-electron chi connectivity index (χ1n) is 8.23. The minimum Gasteiger partial charge on any atom is -0.371 e. The summed E-state index contributed by atoms with van der Waals surface area (Å²) in [6.07, 6.45) is 0.0682. The summed E-state index contributed by atoms with van der Waals surface area (Å²) in [6.45, 7) is 1.18. The number of rotatable bonds is 2. The molecule has 1 aromatic carbocycles. The van der Waals surface area contributed by atoms with E-state index in [2.05, 4.69) is 22.3 Å². The summed E-state index contributed by atoms with van der Waals surface area (Å²) in [5.41, 5.74) is 0.603. The number of hydrogen-bond donors (Lipinski definition) is 0. The molecular formula is C18H17F3N4. The van der Waals surface area contributed by atoms with Crippen LogP contribution in [0.5, 0.6) is 0 Å². The molecule has 2 aromatic heterocycles. The molecule has 0 radical (unpaired) electrons. The maximum absolute atomic E-state index is 13.6. The average Bonchev–Trinajstić information content (AvgIpc) is 3.09. The molecule has 1 aliphatic heterocycles. The molecule has 0 atom stereocenters. The number of nitrogens with zero attached hydrogens (tertiary/aromatic N) is 4. The van der Waals surface area contributed by atoms with Crippen LogP contribution in [-0.4, -0.2) is 27.7 Å². The van der Waals surface area contributed by atoms with Crippen molar-refractivity contribution in [1.82, 2.24) is 14.6 Å². The molecule has 0 saturated carbocycles. The van der Waals surface area contributed by atoms with Crippen molar-refractivity contribution in [3.63, 3.8) is 0 Å². The number of hydrogen-bond acceptors (Lipinski definition) is 3. The fourth-order valence-corrected chi connectivity index (χ4v) is 3.59. The molecular weight excluding hydrogens is 329 g/mol. The lowest BCUT2D eigenvalue weighted by Gasteiger charge is -2.35. The number of aromatic nitrogens is 3. The van der Waals surface area contributed by atoms with Crippen LogP contribution in [-0.2, 0) is 6.18 Å². The van der Waals surface area contributed by atoms with Crippen LogP contribution < -0.4 is 4.90 Å². The third-order valence-corrected chi connectivity index (χ3v) is 4.84. The van der Waals surface area contributed by atoms with E-state index in [4.69, 9.17) is 0 Å². The third-order valence-electron chi connectivity index (χ3n) is 4.84. The smallest absolute Gasteiger partial charge is 0.371 e. The van der Waals surface area contributed by atoms with E-state index in [0.717, 1.165) is 12.8 Å². The second-order valence-electron chi connectivity index (χ2n) is 6.31. The molecule has 0 spiro atoms. The minimum absolute atomic E-state index is 0.143. The van der Waals surface area contributed by atoms with Crippen molar-refractivity contribution in [2.75, 3.05) is 18.0 Å². The van der Waals surface area contributed by atoms with Gasteiger partial charge in [-0.25, -0.2) is 0 Å². The zero-order chi connectivity index (χ0) is 17.4. The van der Waals surface area contributed by atoms with Crippen molar-refractivity contribution < 1.29 is 13.2 Å². The predicted octanol–water partition coefficient (Wildman–Crippen LogP) is 4.13. The summed E-state index contributed by atoms with van der Waals surface area (Å²) in [7, 11) is 0. The van der Waals surface area contributed by atoms with Crippen molar-refractivity contribution in [2.24, 2.45) is 0 Å². The molecule has 25 heavy (non-hydrogen) atoms. The Labute approximate surface area is 142 Å². The molecule has 1 aliphatic rings. The van der Waals surface area contributed by atoms with E-state index in [1.165, 1.54) is 22.4 Å². The summed E-state index contributed by atoms with van der Waals surface area (Å²) >= 11 is 0. The number of piperidine rings is 1. The van der Waals surface area contributed by atoms with Crippen LogP contribution in [0.3, 0.4) is 0 Å². The minimum atomic E-state index is -4.47. The highest BCUT2D eigenvalue weighted by molar-refractivity contribution is 5.66. The lowest BCUT2D eigenvalue weighted by Crippen LogP contribution is -2.34. The van der Waals surface area contributed by atoms with Crippen molar-refractivity contribution in [2.45, 2.75) is 24.9 Å². The number of alkyl halides is 3. The Morgan fingerprint density at radius 1 is 1.00 bits per heavy atom. The molecule has 0 amide bonds. The van der Waals surface area contributed by atoms with Crippen LogP contribution >= 0.6 is 0 Å². The van der Waals surface area contributed by atoms with Crippen molar-refractivity contribution in [1.29, 1.82) is 0 Å². The molecule has 4 rings (SSSR count). The summed E-state index contributed by atoms with van der Waals surface area (Å²) in [5, 5.41) is 7.28. The predicted molar refractivity (Wildman–Crippen MR) is 88.6 cm³/mol. The second-order valence-corrected chi connectivity index (χ2v) is 6.31. The Morgan fingerprint density at radius 3 is 2.40 bits per heavy atom. The quantitative estimate of drug-likeness (QED) is 0.699. The van der Waals surface area contributed by atoms with Crippen LogP contribution in [0, 0.1) is 0 Å². The van der Waals surface area contributed by atoms with Gasteiger partial charge in [0.1, 0.15) is 11.9 Å². The normalized spacial score (nSPS) is 16.5.